The average Bonchev–Trinajstić information content (AvgIpc) is 3.28. The van der Waals surface area contributed by atoms with Gasteiger partial charge in [-0.3, -0.25) is 0 Å². The van der Waals surface area contributed by atoms with Crippen molar-refractivity contribution in [2.75, 3.05) is 6.61 Å². The fraction of sp³-hybridized carbons (Fsp3) is 0.333. The fourth-order valence-electron chi connectivity index (χ4n) is 4.67. The van der Waals surface area contributed by atoms with Crippen molar-refractivity contribution in [1.29, 1.82) is 0 Å². The lowest BCUT2D eigenvalue weighted by Crippen LogP contribution is -2.40. The smallest absolute Gasteiger partial charge is 0.190 e. The second kappa shape index (κ2) is 8.43. The van der Waals surface area contributed by atoms with Gasteiger partial charge in [0.25, 0.3) is 0 Å². The predicted molar refractivity (Wildman–Crippen MR) is 120 cm³/mol. The topological polar surface area (TPSA) is 57.2 Å². The quantitative estimate of drug-likeness (QED) is 0.591. The summed E-state index contributed by atoms with van der Waals surface area (Å²) in [6.07, 6.45) is -2.55. The van der Waals surface area contributed by atoms with Gasteiger partial charge in [0.15, 0.2) is 12.1 Å². The summed E-state index contributed by atoms with van der Waals surface area (Å²) < 4.78 is 24.4. The summed E-state index contributed by atoms with van der Waals surface area (Å²) >= 11 is 0. The van der Waals surface area contributed by atoms with Crippen LogP contribution in [0.2, 0.25) is 0 Å². The predicted octanol–water partition coefficient (Wildman–Crippen LogP) is 4.23. The lowest BCUT2D eigenvalue weighted by molar-refractivity contribution is -0.223. The molecule has 5 heteroatoms. The summed E-state index contributed by atoms with van der Waals surface area (Å²) in [6.45, 7) is 3.80. The Labute approximate surface area is 188 Å². The average molecular weight is 433 g/mol. The number of rotatable bonds is 6. The molecule has 0 amide bonds. The summed E-state index contributed by atoms with van der Waals surface area (Å²) in [5.74, 6) is -0.774. The number of fused-ring (bicyclic) bond motifs is 1. The van der Waals surface area contributed by atoms with Crippen LogP contribution in [0.15, 0.2) is 91.0 Å². The molecule has 4 atom stereocenters. The first-order valence-electron chi connectivity index (χ1n) is 11.0. The molecule has 2 saturated heterocycles. The highest BCUT2D eigenvalue weighted by Crippen LogP contribution is 2.42. The van der Waals surface area contributed by atoms with E-state index in [1.165, 1.54) is 0 Å². The van der Waals surface area contributed by atoms with Gasteiger partial charge in [-0.25, -0.2) is 0 Å². The van der Waals surface area contributed by atoms with Gasteiger partial charge in [0, 0.05) is 0 Å². The van der Waals surface area contributed by atoms with Gasteiger partial charge >= 0.3 is 0 Å². The normalized spacial score (nSPS) is 26.7. The number of aliphatic hydroxyl groups is 1. The minimum absolute atomic E-state index is 0.167. The van der Waals surface area contributed by atoms with E-state index in [-0.39, 0.29) is 6.61 Å². The van der Waals surface area contributed by atoms with Gasteiger partial charge < -0.3 is 24.1 Å². The van der Waals surface area contributed by atoms with E-state index in [2.05, 4.69) is 36.4 Å². The van der Waals surface area contributed by atoms with E-state index in [1.807, 2.05) is 68.4 Å². The van der Waals surface area contributed by atoms with Gasteiger partial charge in [0.1, 0.15) is 23.9 Å². The maximum atomic E-state index is 10.9. The molecule has 2 fully saturated rings. The Morgan fingerprint density at radius 1 is 0.781 bits per heavy atom. The zero-order chi connectivity index (χ0) is 22.2. The molecule has 0 aliphatic carbocycles. The zero-order valence-electron chi connectivity index (χ0n) is 18.3. The van der Waals surface area contributed by atoms with Crippen molar-refractivity contribution in [1.82, 2.24) is 0 Å². The number of aliphatic hydroxyl groups excluding tert-OH is 1. The number of benzene rings is 3. The van der Waals surface area contributed by atoms with E-state index in [1.54, 1.807) is 0 Å². The first-order valence-corrected chi connectivity index (χ1v) is 11.0. The van der Waals surface area contributed by atoms with E-state index in [9.17, 15) is 5.11 Å². The molecule has 2 aliphatic heterocycles. The van der Waals surface area contributed by atoms with Crippen molar-refractivity contribution in [2.24, 2.45) is 0 Å². The Bertz CT molecular complexity index is 925. The molecular formula is C27H28O5. The second-order valence-corrected chi connectivity index (χ2v) is 8.72. The third-order valence-electron chi connectivity index (χ3n) is 6.12. The first kappa shape index (κ1) is 21.3. The molecule has 0 aromatic heterocycles. The van der Waals surface area contributed by atoms with Crippen molar-refractivity contribution < 1.29 is 24.1 Å². The Kier molecular flexibility index (Phi) is 5.61. The fourth-order valence-corrected chi connectivity index (χ4v) is 4.67. The maximum absolute atomic E-state index is 10.9. The second-order valence-electron chi connectivity index (χ2n) is 8.72. The molecule has 32 heavy (non-hydrogen) atoms. The molecule has 2 aliphatic rings. The van der Waals surface area contributed by atoms with Gasteiger partial charge in [0.05, 0.1) is 6.61 Å². The molecule has 5 nitrogen and oxygen atoms in total. The third-order valence-corrected chi connectivity index (χ3v) is 6.12. The van der Waals surface area contributed by atoms with E-state index < -0.39 is 36.0 Å². The Morgan fingerprint density at radius 3 is 1.69 bits per heavy atom. The van der Waals surface area contributed by atoms with Crippen LogP contribution in [-0.2, 0) is 24.5 Å². The van der Waals surface area contributed by atoms with Crippen molar-refractivity contribution in [3.63, 3.8) is 0 Å². The zero-order valence-corrected chi connectivity index (χ0v) is 18.3. The third kappa shape index (κ3) is 3.76. The molecule has 0 bridgehead atoms. The highest BCUT2D eigenvalue weighted by molar-refractivity contribution is 5.47. The number of hydrogen-bond acceptors (Lipinski definition) is 5. The number of hydrogen-bond donors (Lipinski definition) is 1. The Morgan fingerprint density at radius 2 is 1.25 bits per heavy atom. The summed E-state index contributed by atoms with van der Waals surface area (Å²) in [5.41, 5.74) is 2.13. The first-order chi connectivity index (χ1) is 15.5. The van der Waals surface area contributed by atoms with E-state index >= 15 is 0 Å². The van der Waals surface area contributed by atoms with E-state index in [0.717, 1.165) is 16.7 Å². The maximum Gasteiger partial charge on any atom is 0.190 e. The molecule has 0 saturated carbocycles. The summed E-state index contributed by atoms with van der Waals surface area (Å²) in [4.78, 5) is 0. The molecule has 0 spiro atoms. The SMILES string of the molecule is CC1(C)O[C@@H]2O[C@H](COC(c3ccccc3)(c3ccccc3)c3ccccc3)[C@H](O)[C@H]2O1. The molecule has 3 aromatic carbocycles. The van der Waals surface area contributed by atoms with Crippen LogP contribution in [0.3, 0.4) is 0 Å². The molecular weight excluding hydrogens is 404 g/mol. The molecule has 0 unspecified atom stereocenters. The summed E-state index contributed by atoms with van der Waals surface area (Å²) in [5, 5.41) is 10.9. The summed E-state index contributed by atoms with van der Waals surface area (Å²) in [7, 11) is 0. The monoisotopic (exact) mass is 432 g/mol. The van der Waals surface area contributed by atoms with Crippen LogP contribution in [-0.4, -0.2) is 42.1 Å². The van der Waals surface area contributed by atoms with Gasteiger partial charge in [0.2, 0.25) is 0 Å². The highest BCUT2D eigenvalue weighted by atomic mass is 16.8. The van der Waals surface area contributed by atoms with E-state index in [4.69, 9.17) is 18.9 Å². The van der Waals surface area contributed by atoms with Crippen LogP contribution in [0.25, 0.3) is 0 Å². The molecule has 3 aromatic rings. The minimum Gasteiger partial charge on any atom is -0.387 e. The van der Waals surface area contributed by atoms with Gasteiger partial charge in [-0.2, -0.15) is 0 Å². The van der Waals surface area contributed by atoms with Crippen LogP contribution < -0.4 is 0 Å². The largest absolute Gasteiger partial charge is 0.387 e. The van der Waals surface area contributed by atoms with Crippen molar-refractivity contribution in [2.45, 2.75) is 49.8 Å². The minimum atomic E-state index is -0.869. The Balaban J connectivity index is 1.51. The molecule has 0 radical (unpaired) electrons. The van der Waals surface area contributed by atoms with Crippen molar-refractivity contribution in [3.8, 4) is 0 Å². The molecule has 166 valence electrons. The molecule has 5 rings (SSSR count). The lowest BCUT2D eigenvalue weighted by atomic mass is 9.80. The highest BCUT2D eigenvalue weighted by Gasteiger charge is 2.54. The van der Waals surface area contributed by atoms with Gasteiger partial charge in [-0.15, -0.1) is 0 Å². The van der Waals surface area contributed by atoms with Crippen LogP contribution in [0, 0.1) is 0 Å². The van der Waals surface area contributed by atoms with Gasteiger partial charge in [-0.05, 0) is 30.5 Å². The van der Waals surface area contributed by atoms with Crippen LogP contribution in [0.5, 0.6) is 0 Å². The lowest BCUT2D eigenvalue weighted by Gasteiger charge is -2.37. The van der Waals surface area contributed by atoms with Crippen molar-refractivity contribution in [3.05, 3.63) is 108 Å². The van der Waals surface area contributed by atoms with Crippen LogP contribution in [0.4, 0.5) is 0 Å². The molecule has 1 N–H and O–H groups in total. The van der Waals surface area contributed by atoms with Gasteiger partial charge in [-0.1, -0.05) is 91.0 Å². The van der Waals surface area contributed by atoms with E-state index in [0.29, 0.717) is 0 Å². The Hall–Kier alpha value is -2.54. The van der Waals surface area contributed by atoms with Crippen molar-refractivity contribution >= 4 is 0 Å². The molecule has 2 heterocycles. The number of ether oxygens (including phenoxy) is 4. The standard InChI is InChI=1S/C27H28O5/c1-26(2)31-24-23(28)22(30-25(24)32-26)18-29-27(19-12-6-3-7-13-19,20-14-8-4-9-15-20)21-16-10-5-11-17-21/h3-17,22-25,28H,18H2,1-2H3/t22-,23+,24-,25+/m1/s1. The van der Waals surface area contributed by atoms with Crippen LogP contribution in [0.1, 0.15) is 30.5 Å². The van der Waals surface area contributed by atoms with Crippen LogP contribution >= 0.6 is 0 Å². The summed E-state index contributed by atoms with van der Waals surface area (Å²) in [6, 6.07) is 30.4.